The minimum Gasteiger partial charge on any atom is -0.450 e. The molecule has 0 bridgehead atoms. The third-order valence-corrected chi connectivity index (χ3v) is 6.57. The molecular formula is C24H25N7O3. The molecule has 10 heteroatoms. The molecule has 4 aromatic heterocycles. The molecule has 0 radical (unpaired) electrons. The van der Waals surface area contributed by atoms with Gasteiger partial charge in [-0.2, -0.15) is 4.98 Å². The normalized spacial score (nSPS) is 20.9. The number of aromatic nitrogens is 5. The van der Waals surface area contributed by atoms with Crippen molar-refractivity contribution in [2.75, 3.05) is 20.2 Å². The van der Waals surface area contributed by atoms with Gasteiger partial charge in [-0.15, -0.1) is 0 Å². The first kappa shape index (κ1) is 20.9. The van der Waals surface area contributed by atoms with Crippen LogP contribution in [-0.2, 0) is 4.74 Å². The summed E-state index contributed by atoms with van der Waals surface area (Å²) < 4.78 is 14.0. The van der Waals surface area contributed by atoms with Crippen molar-refractivity contribution in [3.05, 3.63) is 53.2 Å². The second-order valence-electron chi connectivity index (χ2n) is 8.74. The average Bonchev–Trinajstić information content (AvgIpc) is 3.47. The van der Waals surface area contributed by atoms with Crippen LogP contribution in [0.15, 0.2) is 46.3 Å². The van der Waals surface area contributed by atoms with E-state index in [2.05, 4.69) is 27.3 Å². The van der Waals surface area contributed by atoms with E-state index in [4.69, 9.17) is 14.1 Å². The van der Waals surface area contributed by atoms with Crippen LogP contribution in [0.1, 0.15) is 37.9 Å². The van der Waals surface area contributed by atoms with Gasteiger partial charge in [0.25, 0.3) is 0 Å². The molecule has 2 aliphatic heterocycles. The van der Waals surface area contributed by atoms with Crippen molar-refractivity contribution in [3.8, 4) is 11.3 Å². The van der Waals surface area contributed by atoms with E-state index in [9.17, 15) is 4.79 Å². The van der Waals surface area contributed by atoms with Gasteiger partial charge in [0.15, 0.2) is 11.2 Å². The van der Waals surface area contributed by atoms with Gasteiger partial charge >= 0.3 is 5.69 Å². The Morgan fingerprint density at radius 3 is 2.82 bits per heavy atom. The van der Waals surface area contributed by atoms with Gasteiger partial charge in [-0.1, -0.05) is 6.92 Å². The molecular weight excluding hydrogens is 434 g/mol. The van der Waals surface area contributed by atoms with Crippen molar-refractivity contribution in [1.29, 1.82) is 0 Å². The Bertz CT molecular complexity index is 1460. The number of hydrogen-bond donors (Lipinski definition) is 1. The zero-order chi connectivity index (χ0) is 23.2. The summed E-state index contributed by atoms with van der Waals surface area (Å²) in [4.78, 5) is 31.2. The van der Waals surface area contributed by atoms with Gasteiger partial charge < -0.3 is 14.2 Å². The topological polar surface area (TPSA) is 111 Å². The van der Waals surface area contributed by atoms with Crippen LogP contribution in [0.2, 0.25) is 0 Å². The largest absolute Gasteiger partial charge is 0.450 e. The number of fused-ring (bicyclic) bond motifs is 3. The van der Waals surface area contributed by atoms with Crippen LogP contribution in [0.3, 0.4) is 0 Å². The Labute approximate surface area is 195 Å². The molecule has 0 aliphatic carbocycles. The van der Waals surface area contributed by atoms with Crippen molar-refractivity contribution in [1.82, 2.24) is 34.9 Å². The maximum Gasteiger partial charge on any atom is 0.349 e. The number of nitrogens with one attached hydrogen (secondary N) is 1. The van der Waals surface area contributed by atoms with Crippen molar-refractivity contribution < 1.29 is 9.15 Å². The molecule has 0 amide bonds. The summed E-state index contributed by atoms with van der Waals surface area (Å²) >= 11 is 0. The van der Waals surface area contributed by atoms with Crippen LogP contribution in [0.4, 0.5) is 0 Å². The second kappa shape index (κ2) is 8.30. The predicted molar refractivity (Wildman–Crippen MR) is 127 cm³/mol. The van der Waals surface area contributed by atoms with E-state index >= 15 is 0 Å². The van der Waals surface area contributed by atoms with Crippen molar-refractivity contribution >= 4 is 27.8 Å². The van der Waals surface area contributed by atoms with E-state index < -0.39 is 0 Å². The van der Waals surface area contributed by atoms with Crippen molar-refractivity contribution in [2.45, 2.75) is 38.3 Å². The van der Waals surface area contributed by atoms with Crippen molar-refractivity contribution in [2.24, 2.45) is 0 Å². The molecule has 0 spiro atoms. The van der Waals surface area contributed by atoms with Crippen LogP contribution in [0.25, 0.3) is 39.0 Å². The maximum atomic E-state index is 13.5. The first-order valence-corrected chi connectivity index (χ1v) is 11.5. The molecule has 2 aliphatic rings. The molecule has 0 saturated carbocycles. The molecule has 1 N–H and O–H groups in total. The molecule has 10 nitrogen and oxygen atoms in total. The van der Waals surface area contributed by atoms with Gasteiger partial charge in [-0.25, -0.2) is 25.2 Å². The summed E-state index contributed by atoms with van der Waals surface area (Å²) in [6.07, 6.45) is 9.35. The van der Waals surface area contributed by atoms with Crippen LogP contribution in [0.5, 0.6) is 0 Å². The zero-order valence-corrected chi connectivity index (χ0v) is 19.1. The van der Waals surface area contributed by atoms with Gasteiger partial charge in [0, 0.05) is 56.0 Å². The fraction of sp³-hybridized carbons (Fsp3) is 0.375. The van der Waals surface area contributed by atoms with Gasteiger partial charge in [0.1, 0.15) is 23.1 Å². The molecule has 1 unspecified atom stereocenters. The highest BCUT2D eigenvalue weighted by Crippen LogP contribution is 2.36. The Kier molecular flexibility index (Phi) is 5.11. The quantitative estimate of drug-likeness (QED) is 0.492. The van der Waals surface area contributed by atoms with Crippen LogP contribution >= 0.6 is 0 Å². The van der Waals surface area contributed by atoms with Gasteiger partial charge in [0.05, 0.1) is 11.8 Å². The van der Waals surface area contributed by atoms with E-state index in [1.165, 1.54) is 6.33 Å². The van der Waals surface area contributed by atoms with Crippen molar-refractivity contribution in [3.63, 3.8) is 0 Å². The SMILES string of the molecule is CCC1C[C@@H](n2c(=O)nc(C3=CN(C)NC3)c3oc4ccc(-c5cncnc5)nc4c32)CCO1. The highest BCUT2D eigenvalue weighted by Gasteiger charge is 2.30. The highest BCUT2D eigenvalue weighted by atomic mass is 16.5. The first-order chi connectivity index (χ1) is 16.6. The molecule has 4 aromatic rings. The predicted octanol–water partition coefficient (Wildman–Crippen LogP) is 2.92. The van der Waals surface area contributed by atoms with Gasteiger partial charge in [-0.05, 0) is 31.4 Å². The van der Waals surface area contributed by atoms with E-state index in [0.29, 0.717) is 46.7 Å². The lowest BCUT2D eigenvalue weighted by Gasteiger charge is -2.30. The van der Waals surface area contributed by atoms with Crippen LogP contribution in [-0.4, -0.2) is 55.8 Å². The third-order valence-electron chi connectivity index (χ3n) is 6.57. The van der Waals surface area contributed by atoms with E-state index in [1.807, 2.05) is 30.4 Å². The van der Waals surface area contributed by atoms with E-state index in [1.54, 1.807) is 17.0 Å². The maximum absolute atomic E-state index is 13.5. The monoisotopic (exact) mass is 459 g/mol. The van der Waals surface area contributed by atoms with E-state index in [0.717, 1.165) is 30.4 Å². The number of nitrogens with zero attached hydrogens (tertiary/aromatic N) is 6. The van der Waals surface area contributed by atoms with Crippen LogP contribution < -0.4 is 11.1 Å². The van der Waals surface area contributed by atoms with Crippen LogP contribution in [0, 0.1) is 0 Å². The van der Waals surface area contributed by atoms with Gasteiger partial charge in [-0.3, -0.25) is 4.57 Å². The zero-order valence-electron chi connectivity index (χ0n) is 19.1. The smallest absolute Gasteiger partial charge is 0.349 e. The summed E-state index contributed by atoms with van der Waals surface area (Å²) in [6, 6.07) is 3.72. The molecule has 34 heavy (non-hydrogen) atoms. The number of ether oxygens (including phenoxy) is 1. The summed E-state index contributed by atoms with van der Waals surface area (Å²) in [7, 11) is 1.91. The second-order valence-corrected chi connectivity index (χ2v) is 8.74. The Morgan fingerprint density at radius 2 is 2.06 bits per heavy atom. The highest BCUT2D eigenvalue weighted by molar-refractivity contribution is 6.04. The minimum absolute atomic E-state index is 0.0417. The number of furan rings is 1. The minimum atomic E-state index is -0.294. The number of rotatable bonds is 4. The molecule has 1 fully saturated rings. The standard InChI is InChI=1S/C24H25N7O3/c1-3-17-8-16(6-7-33-17)31-22-21-19(5-4-18(28-21)14-9-25-13-26-10-14)34-23(22)20(29-24(31)32)15-11-27-30(2)12-15/h4-5,9-10,12-13,16-17,27H,3,6-8,11H2,1-2H3/t16-,17?/m0/s1. The molecule has 6 rings (SSSR count). The number of hydrogen-bond acceptors (Lipinski definition) is 9. The average molecular weight is 460 g/mol. The Morgan fingerprint density at radius 1 is 1.21 bits per heavy atom. The number of pyridine rings is 1. The summed E-state index contributed by atoms with van der Waals surface area (Å²) in [5.41, 5.74) is 8.37. The molecule has 0 aromatic carbocycles. The lowest BCUT2D eigenvalue weighted by Crippen LogP contribution is -2.34. The Balaban J connectivity index is 1.63. The van der Waals surface area contributed by atoms with Gasteiger partial charge in [0.2, 0.25) is 0 Å². The fourth-order valence-electron chi connectivity index (χ4n) is 4.85. The summed E-state index contributed by atoms with van der Waals surface area (Å²) in [5.74, 6) is 0. The fourth-order valence-corrected chi connectivity index (χ4v) is 4.85. The van der Waals surface area contributed by atoms with E-state index in [-0.39, 0.29) is 17.8 Å². The third kappa shape index (κ3) is 3.46. The molecule has 6 heterocycles. The summed E-state index contributed by atoms with van der Waals surface area (Å²) in [6.45, 7) is 3.27. The lowest BCUT2D eigenvalue weighted by molar-refractivity contribution is -0.00711. The number of hydrazine groups is 1. The molecule has 174 valence electrons. The first-order valence-electron chi connectivity index (χ1n) is 11.5. The molecule has 2 atom stereocenters. The lowest BCUT2D eigenvalue weighted by atomic mass is 10.0. The Hall–Kier alpha value is -3.63. The molecule has 1 saturated heterocycles. The summed E-state index contributed by atoms with van der Waals surface area (Å²) in [5, 5.41) is 1.85.